The van der Waals surface area contributed by atoms with E-state index in [9.17, 15) is 26.4 Å². The highest BCUT2D eigenvalue weighted by atomic mass is 32.2. The highest BCUT2D eigenvalue weighted by Crippen LogP contribution is 2.36. The van der Waals surface area contributed by atoms with E-state index in [1.165, 1.54) is 11.6 Å². The number of sulfonamides is 1. The minimum absolute atomic E-state index is 0.0196. The molecular formula is C9H14F3NO4S. The van der Waals surface area contributed by atoms with Crippen LogP contribution in [0.15, 0.2) is 12.2 Å². The Labute approximate surface area is 103 Å². The van der Waals surface area contributed by atoms with Crippen LogP contribution in [0.4, 0.5) is 13.2 Å². The van der Waals surface area contributed by atoms with Crippen LogP contribution < -0.4 is 4.72 Å². The number of ether oxygens (including phenoxy) is 1. The lowest BCUT2D eigenvalue weighted by Gasteiger charge is -2.33. The summed E-state index contributed by atoms with van der Waals surface area (Å²) in [5, 5.41) is 0. The zero-order valence-corrected chi connectivity index (χ0v) is 10.9. The average molecular weight is 289 g/mol. The molecule has 0 radical (unpaired) electrons. The molecule has 9 heteroatoms. The van der Waals surface area contributed by atoms with Gasteiger partial charge in [-0.25, -0.2) is 13.2 Å². The van der Waals surface area contributed by atoms with E-state index in [0.29, 0.717) is 6.26 Å². The predicted octanol–water partition coefficient (Wildman–Crippen LogP) is 0.976. The molecule has 0 saturated heterocycles. The Morgan fingerprint density at radius 1 is 1.39 bits per heavy atom. The summed E-state index contributed by atoms with van der Waals surface area (Å²) in [4.78, 5) is 11.4. The highest BCUT2D eigenvalue weighted by Gasteiger charge is 2.62. The quantitative estimate of drug-likeness (QED) is 0.605. The van der Waals surface area contributed by atoms with Crippen molar-refractivity contribution in [2.24, 2.45) is 0 Å². The molecule has 18 heavy (non-hydrogen) atoms. The molecule has 0 aliphatic heterocycles. The number of carbonyl (C=O) groups is 1. The summed E-state index contributed by atoms with van der Waals surface area (Å²) < 4.78 is 66.6. The Kier molecular flexibility index (Phi) is 4.95. The van der Waals surface area contributed by atoms with Gasteiger partial charge in [-0.1, -0.05) is 5.57 Å². The molecule has 0 aromatic heterocycles. The highest BCUT2D eigenvalue weighted by molar-refractivity contribution is 7.88. The minimum atomic E-state index is -5.15. The molecule has 0 aliphatic carbocycles. The SMILES string of the molecule is C=C(C)CC(NS(C)(=O)=O)(C(=O)OC)C(F)(F)F. The lowest BCUT2D eigenvalue weighted by atomic mass is 9.92. The minimum Gasteiger partial charge on any atom is -0.467 e. The molecule has 0 amide bonds. The Morgan fingerprint density at radius 3 is 2.06 bits per heavy atom. The number of hydrogen-bond donors (Lipinski definition) is 1. The van der Waals surface area contributed by atoms with Crippen molar-refractivity contribution in [2.45, 2.75) is 25.1 Å². The monoisotopic (exact) mass is 289 g/mol. The number of alkyl halides is 3. The van der Waals surface area contributed by atoms with Crippen LogP contribution in [0.2, 0.25) is 0 Å². The second-order valence-corrected chi connectivity index (χ2v) is 5.65. The van der Waals surface area contributed by atoms with Crippen LogP contribution in [0.25, 0.3) is 0 Å². The van der Waals surface area contributed by atoms with Crippen molar-refractivity contribution in [1.82, 2.24) is 4.72 Å². The molecule has 106 valence electrons. The third kappa shape index (κ3) is 3.98. The first-order valence-electron chi connectivity index (χ1n) is 4.64. The third-order valence-electron chi connectivity index (χ3n) is 1.94. The van der Waals surface area contributed by atoms with Crippen LogP contribution in [0.5, 0.6) is 0 Å². The van der Waals surface area contributed by atoms with E-state index >= 15 is 0 Å². The third-order valence-corrected chi connectivity index (χ3v) is 2.66. The normalized spacial score (nSPS) is 15.9. The zero-order chi connectivity index (χ0) is 14.8. The smallest absolute Gasteiger partial charge is 0.418 e. The lowest BCUT2D eigenvalue weighted by molar-refractivity contribution is -0.207. The molecule has 0 aromatic carbocycles. The zero-order valence-electron chi connectivity index (χ0n) is 10.1. The predicted molar refractivity (Wildman–Crippen MR) is 58.2 cm³/mol. The Bertz CT molecular complexity index is 443. The van der Waals surface area contributed by atoms with Crippen molar-refractivity contribution in [2.75, 3.05) is 13.4 Å². The van der Waals surface area contributed by atoms with E-state index in [1.807, 2.05) is 0 Å². The van der Waals surface area contributed by atoms with Gasteiger partial charge in [0.25, 0.3) is 0 Å². The van der Waals surface area contributed by atoms with Crippen LogP contribution >= 0.6 is 0 Å². The molecule has 1 atom stereocenters. The van der Waals surface area contributed by atoms with Gasteiger partial charge in [-0.2, -0.15) is 17.9 Å². The molecule has 0 heterocycles. The summed E-state index contributed by atoms with van der Waals surface area (Å²) in [6.07, 6.45) is -5.56. The molecule has 0 rings (SSSR count). The summed E-state index contributed by atoms with van der Waals surface area (Å²) in [5.41, 5.74) is -3.37. The maximum Gasteiger partial charge on any atom is 0.418 e. The van der Waals surface area contributed by atoms with E-state index in [2.05, 4.69) is 11.3 Å². The summed E-state index contributed by atoms with van der Waals surface area (Å²) in [6.45, 7) is 4.50. The fraction of sp³-hybridized carbons (Fsp3) is 0.667. The number of hydrogen-bond acceptors (Lipinski definition) is 4. The van der Waals surface area contributed by atoms with Gasteiger partial charge in [0.05, 0.1) is 13.4 Å². The van der Waals surface area contributed by atoms with Crippen LogP contribution in [0, 0.1) is 0 Å². The molecule has 0 aliphatic rings. The molecule has 0 spiro atoms. The fourth-order valence-electron chi connectivity index (χ4n) is 1.37. The number of methoxy groups -OCH3 is 1. The topological polar surface area (TPSA) is 72.5 Å². The number of esters is 1. The number of halogens is 3. The summed E-state index contributed by atoms with van der Waals surface area (Å²) in [5.74, 6) is -1.73. The Balaban J connectivity index is 5.86. The second-order valence-electron chi connectivity index (χ2n) is 3.90. The van der Waals surface area contributed by atoms with E-state index < -0.39 is 34.1 Å². The largest absolute Gasteiger partial charge is 0.467 e. The molecule has 0 fully saturated rings. The van der Waals surface area contributed by atoms with Crippen LogP contribution in [-0.2, 0) is 19.6 Å². The fourth-order valence-corrected chi connectivity index (χ4v) is 2.27. The summed E-state index contributed by atoms with van der Waals surface area (Å²) in [6, 6.07) is 0. The van der Waals surface area contributed by atoms with Crippen molar-refractivity contribution < 1.29 is 31.1 Å². The molecule has 1 N–H and O–H groups in total. The Hall–Kier alpha value is -1.09. The van der Waals surface area contributed by atoms with Gasteiger partial charge in [-0.05, 0) is 6.92 Å². The van der Waals surface area contributed by atoms with Crippen molar-refractivity contribution in [1.29, 1.82) is 0 Å². The van der Waals surface area contributed by atoms with E-state index in [4.69, 9.17) is 0 Å². The standard InChI is InChI=1S/C9H14F3NO4S/c1-6(2)5-8(7(14)17-3,9(10,11)12)13-18(4,15)16/h13H,1,5H2,2-4H3. The van der Waals surface area contributed by atoms with Gasteiger partial charge in [0, 0.05) is 6.42 Å². The van der Waals surface area contributed by atoms with Crippen LogP contribution in [0.3, 0.4) is 0 Å². The van der Waals surface area contributed by atoms with E-state index in [-0.39, 0.29) is 5.57 Å². The van der Waals surface area contributed by atoms with Gasteiger partial charge in [0.1, 0.15) is 0 Å². The van der Waals surface area contributed by atoms with Gasteiger partial charge in [0.15, 0.2) is 0 Å². The summed E-state index contributed by atoms with van der Waals surface area (Å²) in [7, 11) is -3.54. The van der Waals surface area contributed by atoms with Gasteiger partial charge in [-0.3, -0.25) is 0 Å². The van der Waals surface area contributed by atoms with E-state index in [1.54, 1.807) is 0 Å². The van der Waals surface area contributed by atoms with Gasteiger partial charge >= 0.3 is 12.1 Å². The molecule has 0 saturated carbocycles. The van der Waals surface area contributed by atoms with Gasteiger partial charge in [0.2, 0.25) is 15.6 Å². The van der Waals surface area contributed by atoms with Crippen LogP contribution in [-0.4, -0.2) is 39.5 Å². The maximum atomic E-state index is 13.0. The lowest BCUT2D eigenvalue weighted by Crippen LogP contribution is -2.64. The van der Waals surface area contributed by atoms with Crippen LogP contribution in [0.1, 0.15) is 13.3 Å². The number of rotatable bonds is 5. The van der Waals surface area contributed by atoms with Gasteiger partial charge in [-0.15, -0.1) is 6.58 Å². The second kappa shape index (κ2) is 5.27. The first-order valence-corrected chi connectivity index (χ1v) is 6.53. The van der Waals surface area contributed by atoms with Crippen molar-refractivity contribution in [3.05, 3.63) is 12.2 Å². The summed E-state index contributed by atoms with van der Waals surface area (Å²) >= 11 is 0. The Morgan fingerprint density at radius 2 is 1.83 bits per heavy atom. The molecule has 0 aromatic rings. The van der Waals surface area contributed by atoms with Gasteiger partial charge < -0.3 is 4.74 Å². The first kappa shape index (κ1) is 16.9. The van der Waals surface area contributed by atoms with E-state index in [0.717, 1.165) is 7.11 Å². The number of carbonyl (C=O) groups excluding carboxylic acids is 1. The molecule has 5 nitrogen and oxygen atoms in total. The maximum absolute atomic E-state index is 13.0. The van der Waals surface area contributed by atoms with Crippen molar-refractivity contribution >= 4 is 16.0 Å². The average Bonchev–Trinajstić information content (AvgIpc) is 2.10. The molecular weight excluding hydrogens is 275 g/mol. The molecule has 0 bridgehead atoms. The first-order chi connectivity index (χ1) is 7.85. The molecule has 1 unspecified atom stereocenters. The van der Waals surface area contributed by atoms with Crippen molar-refractivity contribution in [3.8, 4) is 0 Å². The number of nitrogens with one attached hydrogen (secondary N) is 1. The van der Waals surface area contributed by atoms with Crippen molar-refractivity contribution in [3.63, 3.8) is 0 Å².